The molecule has 0 aromatic heterocycles. The number of aliphatic hydroxyl groups is 1. The lowest BCUT2D eigenvalue weighted by atomic mass is 10.1. The van der Waals surface area contributed by atoms with Gasteiger partial charge in [0.25, 0.3) is 0 Å². The van der Waals surface area contributed by atoms with E-state index < -0.39 is 11.7 Å². The van der Waals surface area contributed by atoms with E-state index in [0.29, 0.717) is 12.8 Å². The van der Waals surface area contributed by atoms with E-state index in [4.69, 9.17) is 9.84 Å². The molecule has 0 saturated heterocycles. The van der Waals surface area contributed by atoms with Gasteiger partial charge >= 0.3 is 6.09 Å². The predicted octanol–water partition coefficient (Wildman–Crippen LogP) is 3.67. The molecule has 22 heavy (non-hydrogen) atoms. The summed E-state index contributed by atoms with van der Waals surface area (Å²) in [5.41, 5.74) is 1.76. The molecule has 4 nitrogen and oxygen atoms in total. The fourth-order valence-electron chi connectivity index (χ4n) is 1.89. The van der Waals surface area contributed by atoms with E-state index in [1.807, 2.05) is 64.1 Å². The highest BCUT2D eigenvalue weighted by Gasteiger charge is 2.18. The van der Waals surface area contributed by atoms with Gasteiger partial charge in [-0.05, 0) is 46.1 Å². The highest BCUT2D eigenvalue weighted by atomic mass is 16.6. The first kappa shape index (κ1) is 18.2. The molecule has 0 fully saturated rings. The molecular formula is C18H27NO3. The molecule has 2 N–H and O–H groups in total. The van der Waals surface area contributed by atoms with E-state index in [0.717, 1.165) is 5.56 Å². The molecule has 4 heteroatoms. The Balaban J connectivity index is 2.67. The Morgan fingerprint density at radius 2 is 1.95 bits per heavy atom. The number of hydrogen-bond acceptors (Lipinski definition) is 3. The molecule has 122 valence electrons. The van der Waals surface area contributed by atoms with Crippen molar-refractivity contribution in [3.63, 3.8) is 0 Å². The third-order valence-corrected chi connectivity index (χ3v) is 2.97. The molecule has 1 atom stereocenters. The van der Waals surface area contributed by atoms with E-state index in [-0.39, 0.29) is 12.6 Å². The van der Waals surface area contributed by atoms with Crippen molar-refractivity contribution in [2.24, 2.45) is 0 Å². The van der Waals surface area contributed by atoms with Crippen LogP contribution in [0.1, 0.15) is 44.7 Å². The van der Waals surface area contributed by atoms with Crippen molar-refractivity contribution >= 4 is 12.2 Å². The summed E-state index contributed by atoms with van der Waals surface area (Å²) in [5.74, 6) is 0. The maximum atomic E-state index is 11.9. The Morgan fingerprint density at radius 1 is 1.32 bits per heavy atom. The molecule has 0 aliphatic rings. The summed E-state index contributed by atoms with van der Waals surface area (Å²) < 4.78 is 5.27. The summed E-state index contributed by atoms with van der Waals surface area (Å²) in [7, 11) is 0. The molecule has 1 aromatic carbocycles. The minimum absolute atomic E-state index is 0.102. The van der Waals surface area contributed by atoms with Gasteiger partial charge in [0.05, 0.1) is 6.04 Å². The Labute approximate surface area is 133 Å². The van der Waals surface area contributed by atoms with Gasteiger partial charge in [-0.25, -0.2) is 4.79 Å². The molecular weight excluding hydrogens is 278 g/mol. The van der Waals surface area contributed by atoms with Gasteiger partial charge in [0.15, 0.2) is 0 Å². The number of carbonyl (C=O) groups excluding carboxylic acids is 1. The number of carbonyl (C=O) groups is 1. The Morgan fingerprint density at radius 3 is 2.50 bits per heavy atom. The van der Waals surface area contributed by atoms with E-state index in [2.05, 4.69) is 5.32 Å². The van der Waals surface area contributed by atoms with Crippen molar-refractivity contribution in [3.05, 3.63) is 41.5 Å². The van der Waals surface area contributed by atoms with E-state index in [1.165, 1.54) is 5.56 Å². The van der Waals surface area contributed by atoms with Gasteiger partial charge in [-0.3, -0.25) is 0 Å². The van der Waals surface area contributed by atoms with Crippen LogP contribution in [0.15, 0.2) is 30.3 Å². The topological polar surface area (TPSA) is 58.6 Å². The van der Waals surface area contributed by atoms with Crippen LogP contribution in [0, 0.1) is 6.92 Å². The Kier molecular flexibility index (Phi) is 7.12. The molecule has 0 heterocycles. The van der Waals surface area contributed by atoms with Gasteiger partial charge < -0.3 is 15.2 Å². The number of aliphatic hydroxyl groups excluding tert-OH is 1. The van der Waals surface area contributed by atoms with Crippen LogP contribution in [0.5, 0.6) is 0 Å². The van der Waals surface area contributed by atoms with E-state index >= 15 is 0 Å². The molecule has 1 amide bonds. The van der Waals surface area contributed by atoms with Gasteiger partial charge in [0.2, 0.25) is 0 Å². The second-order valence-corrected chi connectivity index (χ2v) is 6.39. The number of nitrogens with one attached hydrogen (secondary N) is 1. The summed E-state index contributed by atoms with van der Waals surface area (Å²) in [6.07, 6.45) is 4.75. The molecule has 1 aromatic rings. The first-order chi connectivity index (χ1) is 10.3. The van der Waals surface area contributed by atoms with Crippen molar-refractivity contribution in [1.82, 2.24) is 5.32 Å². The zero-order valence-electron chi connectivity index (χ0n) is 13.9. The number of hydrogen-bond donors (Lipinski definition) is 2. The van der Waals surface area contributed by atoms with Crippen molar-refractivity contribution in [2.45, 2.75) is 52.2 Å². The second-order valence-electron chi connectivity index (χ2n) is 6.39. The highest BCUT2D eigenvalue weighted by Crippen LogP contribution is 2.10. The zero-order chi connectivity index (χ0) is 16.6. The van der Waals surface area contributed by atoms with Crippen LogP contribution in [0.3, 0.4) is 0 Å². The van der Waals surface area contributed by atoms with Crippen molar-refractivity contribution in [3.8, 4) is 0 Å². The molecule has 0 aliphatic carbocycles. The lowest BCUT2D eigenvalue weighted by Gasteiger charge is -2.22. The lowest BCUT2D eigenvalue weighted by molar-refractivity contribution is 0.0511. The number of amides is 1. The van der Waals surface area contributed by atoms with Gasteiger partial charge in [-0.2, -0.15) is 0 Å². The van der Waals surface area contributed by atoms with Crippen LogP contribution < -0.4 is 5.32 Å². The summed E-state index contributed by atoms with van der Waals surface area (Å²) >= 11 is 0. The Hall–Kier alpha value is -1.81. The van der Waals surface area contributed by atoms with Crippen LogP contribution in [0.2, 0.25) is 0 Å². The number of ether oxygens (including phenoxy) is 1. The third-order valence-electron chi connectivity index (χ3n) is 2.97. The van der Waals surface area contributed by atoms with Crippen molar-refractivity contribution in [2.75, 3.05) is 6.61 Å². The maximum Gasteiger partial charge on any atom is 0.408 e. The summed E-state index contributed by atoms with van der Waals surface area (Å²) in [4.78, 5) is 11.9. The second kappa shape index (κ2) is 8.59. The molecule has 0 bridgehead atoms. The maximum absolute atomic E-state index is 11.9. The van der Waals surface area contributed by atoms with Gasteiger partial charge in [0, 0.05) is 6.61 Å². The molecule has 0 saturated carbocycles. The van der Waals surface area contributed by atoms with Crippen molar-refractivity contribution < 1.29 is 14.6 Å². The van der Waals surface area contributed by atoms with Gasteiger partial charge in [-0.1, -0.05) is 42.0 Å². The first-order valence-corrected chi connectivity index (χ1v) is 7.65. The standard InChI is InChI=1S/C18H27NO3/c1-14-7-9-15(10-8-14)11-12-16(6-5-13-20)19-17(21)22-18(2,3)4/h7-12,16,20H,5-6,13H2,1-4H3,(H,19,21)/b12-11+. The van der Waals surface area contributed by atoms with Crippen LogP contribution in [-0.4, -0.2) is 29.4 Å². The van der Waals surface area contributed by atoms with E-state index in [9.17, 15) is 4.79 Å². The minimum atomic E-state index is -0.522. The fraction of sp³-hybridized carbons (Fsp3) is 0.500. The van der Waals surface area contributed by atoms with Crippen LogP contribution in [0.25, 0.3) is 6.08 Å². The normalized spacial score (nSPS) is 13.1. The summed E-state index contributed by atoms with van der Waals surface area (Å²) in [6.45, 7) is 7.64. The summed E-state index contributed by atoms with van der Waals surface area (Å²) in [5, 5.41) is 11.8. The van der Waals surface area contributed by atoms with Crippen LogP contribution >= 0.6 is 0 Å². The number of alkyl carbamates (subject to hydrolysis) is 1. The fourth-order valence-corrected chi connectivity index (χ4v) is 1.89. The predicted molar refractivity (Wildman–Crippen MR) is 89.7 cm³/mol. The molecule has 0 radical (unpaired) electrons. The molecule has 1 unspecified atom stereocenters. The van der Waals surface area contributed by atoms with Gasteiger partial charge in [0.1, 0.15) is 5.60 Å². The van der Waals surface area contributed by atoms with Gasteiger partial charge in [-0.15, -0.1) is 0 Å². The smallest absolute Gasteiger partial charge is 0.408 e. The zero-order valence-corrected chi connectivity index (χ0v) is 13.9. The van der Waals surface area contributed by atoms with Crippen LogP contribution in [0.4, 0.5) is 4.79 Å². The number of aryl methyl sites for hydroxylation is 1. The minimum Gasteiger partial charge on any atom is -0.444 e. The number of benzene rings is 1. The average molecular weight is 305 g/mol. The highest BCUT2D eigenvalue weighted by molar-refractivity contribution is 5.68. The summed E-state index contributed by atoms with van der Waals surface area (Å²) in [6, 6.07) is 7.99. The lowest BCUT2D eigenvalue weighted by Crippen LogP contribution is -2.38. The van der Waals surface area contributed by atoms with Crippen molar-refractivity contribution in [1.29, 1.82) is 0 Å². The monoisotopic (exact) mass is 305 g/mol. The molecule has 0 spiro atoms. The number of rotatable bonds is 6. The van der Waals surface area contributed by atoms with Crippen LogP contribution in [-0.2, 0) is 4.74 Å². The Bertz CT molecular complexity index is 486. The largest absolute Gasteiger partial charge is 0.444 e. The van der Waals surface area contributed by atoms with E-state index in [1.54, 1.807) is 0 Å². The SMILES string of the molecule is Cc1ccc(/C=C/C(CCCO)NC(=O)OC(C)(C)C)cc1. The third kappa shape index (κ3) is 7.84. The molecule has 0 aliphatic heterocycles. The quantitative estimate of drug-likeness (QED) is 0.843. The molecule has 1 rings (SSSR count). The average Bonchev–Trinajstić information content (AvgIpc) is 2.41. The first-order valence-electron chi connectivity index (χ1n) is 7.65.